The second-order valence-electron chi connectivity index (χ2n) is 3.92. The summed E-state index contributed by atoms with van der Waals surface area (Å²) in [6.07, 6.45) is 0.830. The normalized spacial score (nSPS) is 10.8. The highest BCUT2D eigenvalue weighted by Gasteiger charge is 2.14. The molecule has 0 fully saturated rings. The molecule has 0 saturated carbocycles. The molecule has 0 aromatic carbocycles. The largest absolute Gasteiger partial charge is 0.372 e. The van der Waals surface area contributed by atoms with Crippen LogP contribution in [0.4, 0.5) is 5.82 Å². The van der Waals surface area contributed by atoms with Crippen LogP contribution in [-0.2, 0) is 6.54 Å². The predicted octanol–water partition coefficient (Wildman–Crippen LogP) is 2.88. The fourth-order valence-electron chi connectivity index (χ4n) is 1.59. The van der Waals surface area contributed by atoms with Crippen LogP contribution >= 0.6 is 35.0 Å². The zero-order valence-corrected chi connectivity index (χ0v) is 13.2. The summed E-state index contributed by atoms with van der Waals surface area (Å²) in [5.41, 5.74) is -0.242. The van der Waals surface area contributed by atoms with Crippen LogP contribution in [0.3, 0.4) is 0 Å². The molecule has 2 heterocycles. The molecular weight excluding hydrogens is 321 g/mol. The van der Waals surface area contributed by atoms with E-state index in [-0.39, 0.29) is 5.69 Å². The number of aromatic amines is 1. The van der Waals surface area contributed by atoms with Gasteiger partial charge in [-0.15, -0.1) is 5.10 Å². The molecule has 2 aromatic heterocycles. The van der Waals surface area contributed by atoms with E-state index in [1.807, 2.05) is 6.92 Å². The lowest BCUT2D eigenvalue weighted by Crippen LogP contribution is -2.17. The van der Waals surface area contributed by atoms with E-state index in [2.05, 4.69) is 20.5 Å². The van der Waals surface area contributed by atoms with Gasteiger partial charge in [0.15, 0.2) is 5.16 Å². The van der Waals surface area contributed by atoms with E-state index in [4.69, 9.17) is 23.2 Å². The number of hydrogen-bond acceptors (Lipinski definition) is 5. The second-order valence-corrected chi connectivity index (χ2v) is 5.69. The van der Waals surface area contributed by atoms with Gasteiger partial charge in [0.25, 0.3) is 0 Å². The van der Waals surface area contributed by atoms with E-state index in [1.54, 1.807) is 17.7 Å². The van der Waals surface area contributed by atoms with Gasteiger partial charge in [-0.2, -0.15) is 0 Å². The summed E-state index contributed by atoms with van der Waals surface area (Å²) in [6.45, 7) is 2.57. The van der Waals surface area contributed by atoms with E-state index in [9.17, 15) is 4.79 Å². The van der Waals surface area contributed by atoms with Gasteiger partial charge >= 0.3 is 5.69 Å². The molecule has 0 aliphatic rings. The summed E-state index contributed by atoms with van der Waals surface area (Å²) in [7, 11) is 1.72. The molecule has 2 aromatic rings. The van der Waals surface area contributed by atoms with Crippen LogP contribution in [0.2, 0.25) is 10.0 Å². The average molecular weight is 334 g/mol. The molecule has 0 atom stereocenters. The van der Waals surface area contributed by atoms with Crippen molar-refractivity contribution in [1.82, 2.24) is 19.7 Å². The highest BCUT2D eigenvalue weighted by atomic mass is 35.5. The van der Waals surface area contributed by atoms with Gasteiger partial charge in [-0.3, -0.25) is 4.57 Å². The molecule has 0 bridgehead atoms. The summed E-state index contributed by atoms with van der Waals surface area (Å²) in [5.74, 6) is 0.526. The van der Waals surface area contributed by atoms with Gasteiger partial charge in [-0.25, -0.2) is 14.9 Å². The first-order valence-electron chi connectivity index (χ1n) is 5.93. The smallest absolute Gasteiger partial charge is 0.343 e. The number of H-pyrrole nitrogens is 1. The standard InChI is InChI=1S/C11H13Cl2N5OS/c1-3-4-18-10(19)16-17-11(18)20-9-7(13)5-6(12)8(14-2)15-9/h5H,3-4H2,1-2H3,(H,14,15)(H,16,19). The third-order valence-corrected chi connectivity index (χ3v) is 4.18. The Morgan fingerprint density at radius 3 is 2.85 bits per heavy atom. The SMILES string of the molecule is CCCn1c(Sc2nc(NC)c(Cl)cc2Cl)n[nH]c1=O. The summed E-state index contributed by atoms with van der Waals surface area (Å²) < 4.78 is 1.55. The Hall–Kier alpha value is -1.18. The van der Waals surface area contributed by atoms with Crippen LogP contribution in [0.1, 0.15) is 13.3 Å². The Morgan fingerprint density at radius 1 is 1.45 bits per heavy atom. The Balaban J connectivity index is 2.37. The lowest BCUT2D eigenvalue weighted by molar-refractivity contribution is 0.603. The van der Waals surface area contributed by atoms with Crippen molar-refractivity contribution in [3.05, 3.63) is 26.6 Å². The Bertz CT molecular complexity index is 669. The Labute approximate surface area is 129 Å². The maximum atomic E-state index is 11.6. The van der Waals surface area contributed by atoms with Crippen LogP contribution in [-0.4, -0.2) is 26.8 Å². The zero-order valence-electron chi connectivity index (χ0n) is 10.9. The van der Waals surface area contributed by atoms with Crippen molar-refractivity contribution < 1.29 is 0 Å². The fourth-order valence-corrected chi connectivity index (χ4v) is 3.00. The topological polar surface area (TPSA) is 75.6 Å². The van der Waals surface area contributed by atoms with Gasteiger partial charge in [0.05, 0.1) is 10.0 Å². The number of hydrogen-bond donors (Lipinski definition) is 2. The summed E-state index contributed by atoms with van der Waals surface area (Å²) in [4.78, 5) is 15.9. The quantitative estimate of drug-likeness (QED) is 0.879. The molecule has 20 heavy (non-hydrogen) atoms. The molecule has 0 aliphatic carbocycles. The number of halogens is 2. The number of rotatable bonds is 5. The van der Waals surface area contributed by atoms with Crippen molar-refractivity contribution in [2.45, 2.75) is 30.1 Å². The molecule has 9 heteroatoms. The molecule has 0 saturated heterocycles. The molecular formula is C11H13Cl2N5OS. The lowest BCUT2D eigenvalue weighted by atomic mass is 10.4. The van der Waals surface area contributed by atoms with Crippen LogP contribution in [0.25, 0.3) is 0 Å². The van der Waals surface area contributed by atoms with E-state index in [1.165, 1.54) is 11.8 Å². The minimum absolute atomic E-state index is 0.242. The van der Waals surface area contributed by atoms with Gasteiger partial charge in [-0.05, 0) is 24.2 Å². The number of pyridine rings is 1. The first-order valence-corrected chi connectivity index (χ1v) is 7.51. The first kappa shape index (κ1) is 15.2. The van der Waals surface area contributed by atoms with Crippen molar-refractivity contribution in [3.8, 4) is 0 Å². The molecule has 0 spiro atoms. The Kier molecular flexibility index (Phi) is 4.95. The van der Waals surface area contributed by atoms with Crippen LogP contribution in [0, 0.1) is 0 Å². The van der Waals surface area contributed by atoms with Gasteiger partial charge in [0.1, 0.15) is 10.8 Å². The van der Waals surface area contributed by atoms with Crippen LogP contribution < -0.4 is 11.0 Å². The average Bonchev–Trinajstić information content (AvgIpc) is 2.75. The molecule has 0 radical (unpaired) electrons. The maximum Gasteiger partial charge on any atom is 0.343 e. The summed E-state index contributed by atoms with van der Waals surface area (Å²) >= 11 is 13.3. The third-order valence-electron chi connectivity index (χ3n) is 2.49. The second kappa shape index (κ2) is 6.51. The van der Waals surface area contributed by atoms with Gasteiger partial charge < -0.3 is 5.32 Å². The van der Waals surface area contributed by atoms with E-state index in [0.29, 0.717) is 32.6 Å². The highest BCUT2D eigenvalue weighted by molar-refractivity contribution is 7.99. The molecule has 0 unspecified atom stereocenters. The molecule has 2 N–H and O–H groups in total. The van der Waals surface area contributed by atoms with E-state index >= 15 is 0 Å². The van der Waals surface area contributed by atoms with E-state index < -0.39 is 0 Å². The molecule has 108 valence electrons. The van der Waals surface area contributed by atoms with Gasteiger partial charge in [0.2, 0.25) is 0 Å². The summed E-state index contributed by atoms with van der Waals surface area (Å²) in [6, 6.07) is 1.61. The number of nitrogens with zero attached hydrogens (tertiary/aromatic N) is 3. The van der Waals surface area contributed by atoms with Gasteiger partial charge in [-0.1, -0.05) is 30.1 Å². The van der Waals surface area contributed by atoms with Crippen molar-refractivity contribution in [2.24, 2.45) is 0 Å². The molecule has 6 nitrogen and oxygen atoms in total. The fraction of sp³-hybridized carbons (Fsp3) is 0.364. The number of nitrogens with one attached hydrogen (secondary N) is 2. The lowest BCUT2D eigenvalue weighted by Gasteiger charge is -2.08. The Morgan fingerprint density at radius 2 is 2.20 bits per heavy atom. The van der Waals surface area contributed by atoms with Crippen molar-refractivity contribution >= 4 is 40.8 Å². The zero-order chi connectivity index (χ0) is 14.7. The summed E-state index contributed by atoms with van der Waals surface area (Å²) in [5, 5.41) is 11.2. The molecule has 2 rings (SSSR count). The van der Waals surface area contributed by atoms with Gasteiger partial charge in [0, 0.05) is 13.6 Å². The maximum absolute atomic E-state index is 11.6. The minimum atomic E-state index is -0.242. The highest BCUT2D eigenvalue weighted by Crippen LogP contribution is 2.34. The van der Waals surface area contributed by atoms with Crippen molar-refractivity contribution in [3.63, 3.8) is 0 Å². The predicted molar refractivity (Wildman–Crippen MR) is 81.1 cm³/mol. The minimum Gasteiger partial charge on any atom is -0.372 e. The first-order chi connectivity index (χ1) is 9.56. The molecule has 0 aliphatic heterocycles. The number of aromatic nitrogens is 4. The van der Waals surface area contributed by atoms with Crippen LogP contribution in [0.5, 0.6) is 0 Å². The third kappa shape index (κ3) is 3.11. The number of anilines is 1. The van der Waals surface area contributed by atoms with E-state index in [0.717, 1.165) is 6.42 Å². The molecule has 0 amide bonds. The monoisotopic (exact) mass is 333 g/mol. The van der Waals surface area contributed by atoms with Crippen molar-refractivity contribution in [1.29, 1.82) is 0 Å². The van der Waals surface area contributed by atoms with Crippen LogP contribution in [0.15, 0.2) is 21.0 Å². The van der Waals surface area contributed by atoms with Crippen molar-refractivity contribution in [2.75, 3.05) is 12.4 Å².